The minimum atomic E-state index is -0.236. The van der Waals surface area contributed by atoms with Gasteiger partial charge in [-0.05, 0) is 30.3 Å². The van der Waals surface area contributed by atoms with Crippen molar-refractivity contribution in [2.45, 2.75) is 0 Å². The fourth-order valence-corrected chi connectivity index (χ4v) is 2.67. The first kappa shape index (κ1) is 14.9. The minimum Gasteiger partial charge on any atom is -0.320 e. The van der Waals surface area contributed by atoms with Gasteiger partial charge in [-0.25, -0.2) is 0 Å². The third-order valence-electron chi connectivity index (χ3n) is 2.32. The SMILES string of the molecule is NCC#Cc1ccc(C(=O)Nc2ccc(Cl)cc2Cl)s1. The van der Waals surface area contributed by atoms with E-state index in [0.717, 1.165) is 4.88 Å². The Balaban J connectivity index is 2.13. The predicted molar refractivity (Wildman–Crippen MR) is 84.7 cm³/mol. The molecule has 0 radical (unpaired) electrons. The smallest absolute Gasteiger partial charge is 0.265 e. The number of carbonyl (C=O) groups excluding carboxylic acids is 1. The molecule has 102 valence electrons. The van der Waals surface area contributed by atoms with Gasteiger partial charge in [0.1, 0.15) is 0 Å². The van der Waals surface area contributed by atoms with Gasteiger partial charge in [-0.2, -0.15) is 0 Å². The van der Waals surface area contributed by atoms with Gasteiger partial charge in [0.05, 0.1) is 27.0 Å². The molecule has 0 fully saturated rings. The van der Waals surface area contributed by atoms with E-state index in [1.165, 1.54) is 11.3 Å². The lowest BCUT2D eigenvalue weighted by molar-refractivity contribution is 0.103. The van der Waals surface area contributed by atoms with Crippen molar-refractivity contribution in [2.24, 2.45) is 5.73 Å². The van der Waals surface area contributed by atoms with Crippen molar-refractivity contribution in [3.05, 3.63) is 50.1 Å². The second-order valence-corrected chi connectivity index (χ2v) is 5.68. The molecule has 0 atom stereocenters. The Hall–Kier alpha value is -1.51. The summed E-state index contributed by atoms with van der Waals surface area (Å²) in [6, 6.07) is 8.39. The topological polar surface area (TPSA) is 55.1 Å². The van der Waals surface area contributed by atoms with Crippen LogP contribution in [0.3, 0.4) is 0 Å². The molecule has 0 aliphatic carbocycles. The summed E-state index contributed by atoms with van der Waals surface area (Å²) in [4.78, 5) is 13.4. The zero-order chi connectivity index (χ0) is 14.5. The molecular formula is C14H10Cl2N2OS. The Labute approximate surface area is 130 Å². The normalized spacial score (nSPS) is 9.75. The van der Waals surface area contributed by atoms with Crippen LogP contribution in [0.4, 0.5) is 5.69 Å². The summed E-state index contributed by atoms with van der Waals surface area (Å²) in [5, 5.41) is 3.64. The monoisotopic (exact) mass is 324 g/mol. The van der Waals surface area contributed by atoms with Crippen LogP contribution in [0.25, 0.3) is 0 Å². The van der Waals surface area contributed by atoms with E-state index in [-0.39, 0.29) is 5.91 Å². The highest BCUT2D eigenvalue weighted by atomic mass is 35.5. The number of hydrogen-bond acceptors (Lipinski definition) is 3. The van der Waals surface area contributed by atoms with Crippen LogP contribution in [0.15, 0.2) is 30.3 Å². The lowest BCUT2D eigenvalue weighted by atomic mass is 10.3. The summed E-state index contributed by atoms with van der Waals surface area (Å²) in [5.41, 5.74) is 5.82. The van der Waals surface area contributed by atoms with Crippen LogP contribution >= 0.6 is 34.5 Å². The number of carbonyl (C=O) groups is 1. The number of thiophene rings is 1. The molecule has 0 unspecified atom stereocenters. The molecule has 1 aromatic carbocycles. The van der Waals surface area contributed by atoms with E-state index in [1.807, 2.05) is 0 Å². The van der Waals surface area contributed by atoms with Gasteiger partial charge in [0.2, 0.25) is 0 Å². The Kier molecular flexibility index (Phi) is 5.05. The van der Waals surface area contributed by atoms with Gasteiger partial charge in [0.25, 0.3) is 5.91 Å². The second kappa shape index (κ2) is 6.78. The van der Waals surface area contributed by atoms with Crippen molar-refractivity contribution in [1.82, 2.24) is 0 Å². The molecule has 20 heavy (non-hydrogen) atoms. The van der Waals surface area contributed by atoms with Crippen LogP contribution in [0.2, 0.25) is 10.0 Å². The van der Waals surface area contributed by atoms with Gasteiger partial charge < -0.3 is 11.1 Å². The Morgan fingerprint density at radius 1 is 1.30 bits per heavy atom. The van der Waals surface area contributed by atoms with E-state index >= 15 is 0 Å². The van der Waals surface area contributed by atoms with Gasteiger partial charge in [-0.15, -0.1) is 11.3 Å². The molecule has 3 N–H and O–H groups in total. The van der Waals surface area contributed by atoms with Crippen molar-refractivity contribution in [3.8, 4) is 11.8 Å². The summed E-state index contributed by atoms with van der Waals surface area (Å²) in [5.74, 6) is 5.39. The number of halogens is 2. The molecule has 1 aromatic heterocycles. The van der Waals surface area contributed by atoms with Crippen LogP contribution < -0.4 is 11.1 Å². The zero-order valence-corrected chi connectivity index (χ0v) is 12.6. The molecule has 0 aliphatic heterocycles. The molecule has 0 saturated carbocycles. The highest BCUT2D eigenvalue weighted by Crippen LogP contribution is 2.26. The minimum absolute atomic E-state index is 0.236. The number of hydrogen-bond donors (Lipinski definition) is 2. The van der Waals surface area contributed by atoms with Crippen molar-refractivity contribution in [1.29, 1.82) is 0 Å². The van der Waals surface area contributed by atoms with Crippen LogP contribution in [0, 0.1) is 11.8 Å². The first-order valence-corrected chi connectivity index (χ1v) is 7.22. The number of rotatable bonds is 2. The predicted octanol–water partition coefficient (Wildman–Crippen LogP) is 3.62. The van der Waals surface area contributed by atoms with Crippen molar-refractivity contribution >= 4 is 46.1 Å². The molecule has 0 bridgehead atoms. The maximum atomic E-state index is 12.1. The molecule has 6 heteroatoms. The fourth-order valence-electron chi connectivity index (χ4n) is 1.44. The standard InChI is InChI=1S/C14H10Cl2N2OS/c15-9-3-5-12(11(16)8-9)18-14(19)13-6-4-10(20-13)2-1-7-17/h3-6,8H,7,17H2,(H,18,19). The second-order valence-electron chi connectivity index (χ2n) is 3.75. The van der Waals surface area contributed by atoms with Crippen molar-refractivity contribution < 1.29 is 4.79 Å². The van der Waals surface area contributed by atoms with Crippen LogP contribution in [-0.2, 0) is 0 Å². The van der Waals surface area contributed by atoms with E-state index < -0.39 is 0 Å². The summed E-state index contributed by atoms with van der Waals surface area (Å²) in [6.45, 7) is 0.291. The zero-order valence-electron chi connectivity index (χ0n) is 10.2. The maximum absolute atomic E-state index is 12.1. The number of nitrogens with one attached hydrogen (secondary N) is 1. The molecule has 1 heterocycles. The summed E-state index contributed by atoms with van der Waals surface area (Å²) < 4.78 is 0. The van der Waals surface area contributed by atoms with E-state index in [4.69, 9.17) is 28.9 Å². The van der Waals surface area contributed by atoms with E-state index in [2.05, 4.69) is 17.2 Å². The number of anilines is 1. The van der Waals surface area contributed by atoms with Crippen LogP contribution in [-0.4, -0.2) is 12.5 Å². The van der Waals surface area contributed by atoms with Crippen molar-refractivity contribution in [2.75, 3.05) is 11.9 Å². The lowest BCUT2D eigenvalue weighted by Crippen LogP contribution is -2.10. The number of amides is 1. The van der Waals surface area contributed by atoms with Gasteiger partial charge >= 0.3 is 0 Å². The highest BCUT2D eigenvalue weighted by Gasteiger charge is 2.11. The van der Waals surface area contributed by atoms with Crippen molar-refractivity contribution in [3.63, 3.8) is 0 Å². The lowest BCUT2D eigenvalue weighted by Gasteiger charge is -2.05. The van der Waals surface area contributed by atoms with Gasteiger partial charge in [0, 0.05) is 5.02 Å². The molecule has 0 spiro atoms. The first-order chi connectivity index (χ1) is 9.60. The number of nitrogens with two attached hydrogens (primary N) is 1. The summed E-state index contributed by atoms with van der Waals surface area (Å²) in [6.07, 6.45) is 0. The quantitative estimate of drug-likeness (QED) is 0.829. The van der Waals surface area contributed by atoms with Gasteiger partial charge in [0.15, 0.2) is 0 Å². The Morgan fingerprint density at radius 2 is 2.10 bits per heavy atom. The van der Waals surface area contributed by atoms with E-state index in [9.17, 15) is 4.79 Å². The number of benzene rings is 1. The molecule has 2 aromatic rings. The van der Waals surface area contributed by atoms with E-state index in [1.54, 1.807) is 30.3 Å². The molecule has 3 nitrogen and oxygen atoms in total. The highest BCUT2D eigenvalue weighted by molar-refractivity contribution is 7.14. The summed E-state index contributed by atoms with van der Waals surface area (Å²) >= 11 is 13.1. The van der Waals surface area contributed by atoms with Gasteiger partial charge in [-0.3, -0.25) is 4.79 Å². The van der Waals surface area contributed by atoms with Gasteiger partial charge in [-0.1, -0.05) is 35.0 Å². The molecular weight excluding hydrogens is 315 g/mol. The average molecular weight is 325 g/mol. The maximum Gasteiger partial charge on any atom is 0.265 e. The Morgan fingerprint density at radius 3 is 2.80 bits per heavy atom. The molecule has 0 saturated heterocycles. The van der Waals surface area contributed by atoms with Crippen LogP contribution in [0.1, 0.15) is 14.5 Å². The Bertz CT molecular complexity index is 701. The molecule has 2 rings (SSSR count). The summed E-state index contributed by atoms with van der Waals surface area (Å²) in [7, 11) is 0. The van der Waals surface area contributed by atoms with E-state index in [0.29, 0.717) is 27.2 Å². The third kappa shape index (κ3) is 3.75. The fraction of sp³-hybridized carbons (Fsp3) is 0.0714. The third-order valence-corrected chi connectivity index (χ3v) is 3.87. The average Bonchev–Trinajstić information content (AvgIpc) is 2.88. The molecule has 0 aliphatic rings. The first-order valence-electron chi connectivity index (χ1n) is 5.65. The largest absolute Gasteiger partial charge is 0.320 e. The van der Waals surface area contributed by atoms with Crippen LogP contribution in [0.5, 0.6) is 0 Å². The molecule has 1 amide bonds.